The number of alkyl halides is 3. The van der Waals surface area contributed by atoms with Gasteiger partial charge in [0.15, 0.2) is 0 Å². The number of pyridine rings is 1. The quantitative estimate of drug-likeness (QED) is 0.450. The number of carbonyl (C=O) groups is 1. The first-order valence-electron chi connectivity index (χ1n) is 11.2. The second-order valence-corrected chi connectivity index (χ2v) is 10.4. The molecule has 4 rings (SSSR count). The number of hydrogen-bond donors (Lipinski definition) is 2. The van der Waals surface area contributed by atoms with E-state index in [1.165, 1.54) is 13.2 Å². The Morgan fingerprint density at radius 3 is 2.57 bits per heavy atom. The van der Waals surface area contributed by atoms with Crippen molar-refractivity contribution in [2.24, 2.45) is 0 Å². The average Bonchev–Trinajstić information content (AvgIpc) is 2.80. The van der Waals surface area contributed by atoms with Gasteiger partial charge in [0.25, 0.3) is 5.91 Å². The van der Waals surface area contributed by atoms with Crippen LogP contribution in [-0.2, 0) is 22.7 Å². The molecule has 1 aromatic carbocycles. The van der Waals surface area contributed by atoms with E-state index in [0.717, 1.165) is 17.0 Å². The first-order chi connectivity index (χ1) is 17.4. The Morgan fingerprint density at radius 2 is 1.92 bits per heavy atom. The van der Waals surface area contributed by atoms with Gasteiger partial charge in [-0.15, -0.1) is 0 Å². The fraction of sp³-hybridized carbons (Fsp3) is 0.304. The predicted octanol–water partition coefficient (Wildman–Crippen LogP) is 3.49. The van der Waals surface area contributed by atoms with Crippen molar-refractivity contribution >= 4 is 39.2 Å². The van der Waals surface area contributed by atoms with E-state index in [9.17, 15) is 26.4 Å². The fourth-order valence-corrected chi connectivity index (χ4v) is 4.01. The van der Waals surface area contributed by atoms with E-state index in [1.54, 1.807) is 41.3 Å². The lowest BCUT2D eigenvalue weighted by molar-refractivity contribution is -0.137. The lowest BCUT2D eigenvalue weighted by Gasteiger charge is -2.31. The summed E-state index contributed by atoms with van der Waals surface area (Å²) in [5.41, 5.74) is 0.117. The summed E-state index contributed by atoms with van der Waals surface area (Å²) in [6.45, 7) is 1.18. The van der Waals surface area contributed by atoms with Gasteiger partial charge in [0, 0.05) is 55.9 Å². The summed E-state index contributed by atoms with van der Waals surface area (Å²) < 4.78 is 65.9. The molecule has 0 bridgehead atoms. The van der Waals surface area contributed by atoms with Crippen LogP contribution in [0.25, 0.3) is 0 Å². The van der Waals surface area contributed by atoms with Crippen molar-refractivity contribution in [1.29, 1.82) is 0 Å². The van der Waals surface area contributed by atoms with Crippen LogP contribution < -0.4 is 14.9 Å². The zero-order valence-electron chi connectivity index (χ0n) is 20.0. The Hall–Kier alpha value is -3.94. The molecule has 1 amide bonds. The number of carbonyl (C=O) groups excluding carboxylic acids is 1. The number of nitrogens with one attached hydrogen (secondary N) is 2. The maximum absolute atomic E-state index is 13.7. The molecule has 0 spiro atoms. The number of anilines is 4. The highest BCUT2D eigenvalue weighted by Gasteiger charge is 2.35. The maximum Gasteiger partial charge on any atom is 0.421 e. The van der Waals surface area contributed by atoms with Crippen molar-refractivity contribution in [3.05, 3.63) is 65.5 Å². The number of likely N-dealkylation sites (tertiary alicyclic amines) is 1. The average molecular weight is 536 g/mol. The number of benzene rings is 1. The summed E-state index contributed by atoms with van der Waals surface area (Å²) in [4.78, 5) is 26.0. The Labute approximate surface area is 211 Å². The molecule has 37 heavy (non-hydrogen) atoms. The van der Waals surface area contributed by atoms with Crippen LogP contribution in [0.4, 0.5) is 36.4 Å². The Balaban J connectivity index is 1.59. The van der Waals surface area contributed by atoms with Crippen molar-refractivity contribution in [2.75, 3.05) is 41.3 Å². The molecule has 3 heterocycles. The van der Waals surface area contributed by atoms with Gasteiger partial charge in [0.1, 0.15) is 17.2 Å². The van der Waals surface area contributed by atoms with E-state index in [2.05, 4.69) is 25.6 Å². The lowest BCUT2D eigenvalue weighted by atomic mass is 10.1. The molecule has 0 aliphatic carbocycles. The molecule has 1 aliphatic rings. The molecule has 14 heteroatoms. The van der Waals surface area contributed by atoms with E-state index >= 15 is 0 Å². The smallest absolute Gasteiger partial charge is 0.365 e. The molecule has 196 valence electrons. The van der Waals surface area contributed by atoms with Gasteiger partial charge in [-0.05, 0) is 30.7 Å². The molecule has 3 aromatic rings. The molecule has 1 saturated heterocycles. The molecule has 0 atom stereocenters. The zero-order valence-corrected chi connectivity index (χ0v) is 20.8. The fourth-order valence-electron chi connectivity index (χ4n) is 3.53. The molecule has 1 aliphatic heterocycles. The van der Waals surface area contributed by atoms with Gasteiger partial charge in [-0.1, -0.05) is 12.1 Å². The Bertz CT molecular complexity index is 1410. The number of sulfonamides is 1. The SMILES string of the molecule is CN(c1ncccc1CNc1nc(Nc2cccc(C(=O)N3CCC3)c2)ncc1C(F)(F)F)S(C)(=O)=O. The molecule has 0 saturated carbocycles. The molecule has 0 radical (unpaired) electrons. The summed E-state index contributed by atoms with van der Waals surface area (Å²) in [7, 11) is -2.35. The molecule has 2 aromatic heterocycles. The van der Waals surface area contributed by atoms with Crippen molar-refractivity contribution in [3.8, 4) is 0 Å². The topological polar surface area (TPSA) is 120 Å². The summed E-state index contributed by atoms with van der Waals surface area (Å²) in [6.07, 6.45) is -0.764. The van der Waals surface area contributed by atoms with Gasteiger partial charge < -0.3 is 15.5 Å². The third-order valence-electron chi connectivity index (χ3n) is 5.71. The number of halogens is 3. The number of amides is 1. The molecule has 0 unspecified atom stereocenters. The van der Waals surface area contributed by atoms with Crippen LogP contribution in [0.1, 0.15) is 27.9 Å². The van der Waals surface area contributed by atoms with Crippen LogP contribution in [-0.4, -0.2) is 60.6 Å². The van der Waals surface area contributed by atoms with E-state index in [4.69, 9.17) is 0 Å². The highest BCUT2D eigenvalue weighted by molar-refractivity contribution is 7.92. The second kappa shape index (κ2) is 10.2. The van der Waals surface area contributed by atoms with Gasteiger partial charge in [-0.3, -0.25) is 9.10 Å². The minimum Gasteiger partial charge on any atom is -0.365 e. The lowest BCUT2D eigenvalue weighted by Crippen LogP contribution is -2.42. The van der Waals surface area contributed by atoms with Crippen molar-refractivity contribution < 1.29 is 26.4 Å². The summed E-state index contributed by atoms with van der Waals surface area (Å²) in [5.74, 6) is -0.683. The first kappa shape index (κ1) is 26.1. The van der Waals surface area contributed by atoms with Crippen molar-refractivity contribution in [2.45, 2.75) is 19.1 Å². The molecular weight excluding hydrogens is 511 g/mol. The van der Waals surface area contributed by atoms with E-state index in [0.29, 0.717) is 36.1 Å². The zero-order chi connectivity index (χ0) is 26.8. The summed E-state index contributed by atoms with van der Waals surface area (Å²) >= 11 is 0. The highest BCUT2D eigenvalue weighted by Crippen LogP contribution is 2.34. The van der Waals surface area contributed by atoms with Gasteiger partial charge in [-0.2, -0.15) is 18.2 Å². The molecule has 10 nitrogen and oxygen atoms in total. The number of hydrogen-bond acceptors (Lipinski definition) is 8. The third kappa shape index (κ3) is 6.07. The van der Waals surface area contributed by atoms with Crippen LogP contribution in [0.15, 0.2) is 48.8 Å². The van der Waals surface area contributed by atoms with Gasteiger partial charge in [-0.25, -0.2) is 18.4 Å². The maximum atomic E-state index is 13.7. The van der Waals surface area contributed by atoms with E-state index < -0.39 is 27.6 Å². The van der Waals surface area contributed by atoms with Crippen molar-refractivity contribution in [1.82, 2.24) is 19.9 Å². The first-order valence-corrected chi connectivity index (χ1v) is 13.0. The molecule has 1 fully saturated rings. The van der Waals surface area contributed by atoms with Crippen LogP contribution in [0.2, 0.25) is 0 Å². The number of rotatable bonds is 8. The summed E-state index contributed by atoms with van der Waals surface area (Å²) in [5, 5.41) is 5.48. The molecule has 2 N–H and O–H groups in total. The van der Waals surface area contributed by atoms with Crippen LogP contribution in [0.3, 0.4) is 0 Å². The van der Waals surface area contributed by atoms with Crippen LogP contribution >= 0.6 is 0 Å². The minimum absolute atomic E-state index is 0.0714. The predicted molar refractivity (Wildman–Crippen MR) is 132 cm³/mol. The Kier molecular flexibility index (Phi) is 7.21. The van der Waals surface area contributed by atoms with Crippen LogP contribution in [0, 0.1) is 0 Å². The third-order valence-corrected chi connectivity index (χ3v) is 6.88. The molecular formula is C23H24F3N7O3S. The van der Waals surface area contributed by atoms with Gasteiger partial charge in [0.05, 0.1) is 6.26 Å². The van der Waals surface area contributed by atoms with E-state index in [-0.39, 0.29) is 24.2 Å². The second-order valence-electron chi connectivity index (χ2n) is 8.38. The summed E-state index contributed by atoms with van der Waals surface area (Å²) in [6, 6.07) is 9.63. The minimum atomic E-state index is -4.74. The van der Waals surface area contributed by atoms with Crippen molar-refractivity contribution in [3.63, 3.8) is 0 Å². The Morgan fingerprint density at radius 1 is 1.16 bits per heavy atom. The number of nitrogens with zero attached hydrogens (tertiary/aromatic N) is 5. The van der Waals surface area contributed by atoms with Gasteiger partial charge in [0.2, 0.25) is 16.0 Å². The van der Waals surface area contributed by atoms with E-state index in [1.807, 2.05) is 0 Å². The largest absolute Gasteiger partial charge is 0.421 e. The number of aromatic nitrogens is 3. The monoisotopic (exact) mass is 535 g/mol. The highest BCUT2D eigenvalue weighted by atomic mass is 32.2. The normalized spacial score (nSPS) is 13.6. The van der Waals surface area contributed by atoms with Crippen LogP contribution in [0.5, 0.6) is 0 Å². The van der Waals surface area contributed by atoms with Gasteiger partial charge >= 0.3 is 6.18 Å². The standard InChI is InChI=1S/C23H24F3N7O3S/c1-32(37(2,35)36)20-16(7-4-9-27-20)13-28-19-18(23(24,25)26)14-29-22(31-19)30-17-8-3-6-15(12-17)21(34)33-10-5-11-33/h3-4,6-9,12,14H,5,10-11,13H2,1-2H3,(H2,28,29,30,31).